The number of allylic oxidation sites excluding steroid dienone is 4. The Labute approximate surface area is 286 Å². The lowest BCUT2D eigenvalue weighted by molar-refractivity contribution is -0.549. The summed E-state index contributed by atoms with van der Waals surface area (Å²) in [6, 6.07) is 0. The molecule has 16 nitrogen and oxygen atoms in total. The molecule has 4 heterocycles. The van der Waals surface area contributed by atoms with Gasteiger partial charge in [-0.05, 0) is 56.6 Å². The molecule has 1 unspecified atom stereocenters. The molecule has 4 aliphatic heterocycles. The maximum absolute atomic E-state index is 16.9. The van der Waals surface area contributed by atoms with Crippen molar-refractivity contribution in [2.24, 2.45) is 34.5 Å². The summed E-state index contributed by atoms with van der Waals surface area (Å²) < 4.78 is 27.1. The summed E-state index contributed by atoms with van der Waals surface area (Å²) in [7, 11) is 0. The molecular formula is C33H46FN3O13. The Balaban J connectivity index is 0.000000161. The van der Waals surface area contributed by atoms with Gasteiger partial charge in [0, 0.05) is 16.7 Å². The highest BCUT2D eigenvalue weighted by Gasteiger charge is 2.83. The molecule has 4 saturated carbocycles. The molecule has 1 spiro atoms. The average Bonchev–Trinajstić information content (AvgIpc) is 3.25. The first kappa shape index (κ1) is 36.0. The van der Waals surface area contributed by atoms with Crippen LogP contribution in [0.2, 0.25) is 0 Å². The van der Waals surface area contributed by atoms with Crippen molar-refractivity contribution in [1.29, 1.82) is 5.41 Å². The minimum Gasteiger partial charge on any atom is -0.393 e. The fourth-order valence-electron chi connectivity index (χ4n) is 11.5. The van der Waals surface area contributed by atoms with Crippen LogP contribution in [0.25, 0.3) is 0 Å². The maximum Gasteiger partial charge on any atom is 0.311 e. The summed E-state index contributed by atoms with van der Waals surface area (Å²) in [6.07, 6.45) is -3.32. The van der Waals surface area contributed by atoms with Crippen molar-refractivity contribution >= 4 is 17.5 Å². The molecule has 17 atom stereocenters. The number of alkyl halides is 1. The summed E-state index contributed by atoms with van der Waals surface area (Å²) in [4.78, 5) is 24.4. The van der Waals surface area contributed by atoms with Gasteiger partial charge in [-0.15, -0.1) is 0 Å². The second-order valence-corrected chi connectivity index (χ2v) is 16.0. The Hall–Kier alpha value is -2.42. The van der Waals surface area contributed by atoms with Gasteiger partial charge in [0.05, 0.1) is 18.6 Å². The van der Waals surface area contributed by atoms with E-state index in [-0.39, 0.29) is 24.1 Å². The normalized spacial score (nSPS) is 56.9. The van der Waals surface area contributed by atoms with Gasteiger partial charge in [-0.3, -0.25) is 15.0 Å². The van der Waals surface area contributed by atoms with Crippen molar-refractivity contribution in [2.75, 3.05) is 13.2 Å². The van der Waals surface area contributed by atoms with E-state index in [1.54, 1.807) is 26.8 Å². The van der Waals surface area contributed by atoms with Gasteiger partial charge < -0.3 is 66.1 Å². The highest BCUT2D eigenvalue weighted by Crippen LogP contribution is 2.70. The lowest BCUT2D eigenvalue weighted by atomic mass is 9.44. The number of guanidine groups is 1. The van der Waals surface area contributed by atoms with Crippen LogP contribution in [-0.2, 0) is 19.1 Å². The first-order valence-electron chi connectivity index (χ1n) is 16.9. The number of rotatable bonds is 3. The fourth-order valence-corrected chi connectivity index (χ4v) is 11.5. The molecule has 0 aromatic heterocycles. The SMILES string of the molecule is C[C@@H]1C[C@H]2[C@@H]3CCC4=CC(=O)C=C[C@]4(C)[C@@]3(F)[C@@H](O)C[C@]2(C)[C@@]1(O)C(=O)CO.N=C1N[C@H](O)[C@H]2[C@H]3O[C@]4(O)O[C@@H](C(O)[C@@]2(N1)[C@@H]4O)[C@]3(O)CO. The third-order valence-electron chi connectivity index (χ3n) is 14.0. The van der Waals surface area contributed by atoms with Crippen LogP contribution in [0, 0.1) is 39.9 Å². The van der Waals surface area contributed by atoms with Crippen molar-refractivity contribution in [1.82, 2.24) is 10.6 Å². The predicted molar refractivity (Wildman–Crippen MR) is 165 cm³/mol. The first-order chi connectivity index (χ1) is 23.2. The molecule has 0 aromatic rings. The number of carbonyl (C=O) groups is 2. The molecule has 5 aliphatic carbocycles. The number of aliphatic hydroxyl groups excluding tert-OH is 6. The van der Waals surface area contributed by atoms with Gasteiger partial charge in [-0.25, -0.2) is 4.39 Å². The predicted octanol–water partition coefficient (Wildman–Crippen LogP) is -3.41. The van der Waals surface area contributed by atoms with E-state index in [0.29, 0.717) is 24.8 Å². The standard InChI is InChI=1S/C22H29FO5.C11H17N3O8/c1-12-8-16-15-5-4-13-9-14(25)6-7-19(13,2)21(15,23)17(26)10-20(16,3)22(12,28)18(27)11-24;12-8-13-6(17)2-4-9(19,1-15)5-3(16)10(2,14-8)7(18)11(20,21-4)22-5/h6-7,9,12,15-17,24,26,28H,4-5,8,10-11H2,1-3H3;2-7,15-20H,1H2,(H3,12,13,14)/t12-,15+,16+,17+,19+,20+,21+,22+;2-,3?,4-,5+,6-,7+,9+,10-,11+/m11/s1. The topological polar surface area (TPSA) is 283 Å². The van der Waals surface area contributed by atoms with E-state index in [1.165, 1.54) is 12.2 Å². The van der Waals surface area contributed by atoms with E-state index in [1.807, 2.05) is 0 Å². The zero-order valence-electron chi connectivity index (χ0n) is 27.8. The maximum atomic E-state index is 16.9. The van der Waals surface area contributed by atoms with E-state index in [4.69, 9.17) is 14.9 Å². The number of carbonyl (C=O) groups excluding carboxylic acids is 2. The Kier molecular flexibility index (Phi) is 7.78. The van der Waals surface area contributed by atoms with Gasteiger partial charge in [-0.2, -0.15) is 0 Å². The Morgan fingerprint density at radius 3 is 2.38 bits per heavy atom. The molecule has 50 heavy (non-hydrogen) atoms. The summed E-state index contributed by atoms with van der Waals surface area (Å²) in [6.45, 7) is 3.62. The molecule has 0 amide bonds. The van der Waals surface area contributed by atoms with Crippen LogP contribution >= 0.6 is 0 Å². The number of hydrogen-bond donors (Lipinski definition) is 12. The van der Waals surface area contributed by atoms with Crippen LogP contribution in [0.3, 0.4) is 0 Å². The van der Waals surface area contributed by atoms with Crippen molar-refractivity contribution in [3.05, 3.63) is 23.8 Å². The number of fused-ring (bicyclic) bond motifs is 5. The first-order valence-corrected chi connectivity index (χ1v) is 16.9. The number of Topliss-reactive ketones (excluding diaryl/α,β-unsaturated/α-hetero) is 1. The zero-order chi connectivity index (χ0) is 36.8. The quantitative estimate of drug-likeness (QED) is 0.136. The molecule has 4 saturated heterocycles. The summed E-state index contributed by atoms with van der Waals surface area (Å²) in [5.41, 5.74) is -9.04. The van der Waals surface area contributed by atoms with E-state index in [2.05, 4.69) is 10.6 Å². The van der Waals surface area contributed by atoms with Crippen LogP contribution in [-0.4, -0.2) is 142 Å². The largest absolute Gasteiger partial charge is 0.393 e. The summed E-state index contributed by atoms with van der Waals surface area (Å²) >= 11 is 0. The highest BCUT2D eigenvalue weighted by atomic mass is 19.1. The number of nitrogens with one attached hydrogen (secondary N) is 3. The van der Waals surface area contributed by atoms with Crippen molar-refractivity contribution < 1.29 is 69.4 Å². The summed E-state index contributed by atoms with van der Waals surface area (Å²) in [5, 5.41) is 106. The van der Waals surface area contributed by atoms with E-state index in [0.717, 1.165) is 0 Å². The van der Waals surface area contributed by atoms with Crippen LogP contribution in [0.5, 0.6) is 0 Å². The van der Waals surface area contributed by atoms with Crippen molar-refractivity contribution in [3.63, 3.8) is 0 Å². The monoisotopic (exact) mass is 711 g/mol. The third-order valence-corrected chi connectivity index (χ3v) is 14.0. The summed E-state index contributed by atoms with van der Waals surface area (Å²) in [5.74, 6) is -6.19. The highest BCUT2D eigenvalue weighted by molar-refractivity contribution is 6.01. The molecule has 9 rings (SSSR count). The van der Waals surface area contributed by atoms with Gasteiger partial charge in [0.15, 0.2) is 29.3 Å². The molecule has 0 aromatic carbocycles. The molecule has 12 N–H and O–H groups in total. The smallest absolute Gasteiger partial charge is 0.311 e. The second-order valence-electron chi connectivity index (χ2n) is 16.0. The fraction of sp³-hybridized carbons (Fsp3) is 0.788. The number of ketones is 2. The number of halogens is 1. The third kappa shape index (κ3) is 3.94. The molecule has 4 bridgehead atoms. The lowest BCUT2D eigenvalue weighted by Crippen LogP contribution is -2.96. The second kappa shape index (κ2) is 10.8. The van der Waals surface area contributed by atoms with Gasteiger partial charge >= 0.3 is 5.97 Å². The zero-order valence-corrected chi connectivity index (χ0v) is 27.8. The molecule has 17 heteroatoms. The molecule has 278 valence electrons. The average molecular weight is 712 g/mol. The number of ether oxygens (including phenoxy) is 2. The number of hydrogen-bond acceptors (Lipinski definition) is 14. The van der Waals surface area contributed by atoms with Gasteiger partial charge in [0.1, 0.15) is 47.9 Å². The van der Waals surface area contributed by atoms with E-state index in [9.17, 15) is 55.5 Å². The van der Waals surface area contributed by atoms with Crippen LogP contribution < -0.4 is 10.6 Å². The Morgan fingerprint density at radius 1 is 1.08 bits per heavy atom. The molecule has 8 fully saturated rings. The number of aliphatic hydroxyl groups is 9. The molecular weight excluding hydrogens is 665 g/mol. The molecule has 9 aliphatic rings. The molecule has 0 radical (unpaired) electrons. The van der Waals surface area contributed by atoms with Crippen molar-refractivity contribution in [2.45, 2.75) is 112 Å². The minimum absolute atomic E-state index is 0.0676. The van der Waals surface area contributed by atoms with Gasteiger partial charge in [-0.1, -0.05) is 25.5 Å². The van der Waals surface area contributed by atoms with Crippen LogP contribution in [0.15, 0.2) is 23.8 Å². The lowest BCUT2D eigenvalue weighted by Gasteiger charge is -2.72. The van der Waals surface area contributed by atoms with Gasteiger partial charge in [0.25, 0.3) is 0 Å². The van der Waals surface area contributed by atoms with Crippen molar-refractivity contribution in [3.8, 4) is 0 Å². The van der Waals surface area contributed by atoms with Crippen LogP contribution in [0.4, 0.5) is 4.39 Å². The van der Waals surface area contributed by atoms with Crippen LogP contribution in [0.1, 0.15) is 46.5 Å². The van der Waals surface area contributed by atoms with Gasteiger partial charge in [0.2, 0.25) is 0 Å². The minimum atomic E-state index is -2.53. The van der Waals surface area contributed by atoms with E-state index < -0.39 is 113 Å². The Morgan fingerprint density at radius 2 is 1.74 bits per heavy atom. The Bertz CT molecular complexity index is 1580. The van der Waals surface area contributed by atoms with E-state index >= 15 is 4.39 Å².